The van der Waals surface area contributed by atoms with Crippen molar-refractivity contribution < 1.29 is 4.79 Å². The Morgan fingerprint density at radius 2 is 2.33 bits per heavy atom. The van der Waals surface area contributed by atoms with Crippen molar-refractivity contribution in [2.45, 2.75) is 6.42 Å². The van der Waals surface area contributed by atoms with Crippen LogP contribution in [-0.2, 0) is 4.79 Å². The van der Waals surface area contributed by atoms with Gasteiger partial charge in [0.05, 0.1) is 0 Å². The Morgan fingerprint density at radius 1 is 1.50 bits per heavy atom. The average Bonchev–Trinajstić information content (AvgIpc) is 2.93. The number of pyridine rings is 1. The molecular formula is C11H10BrClN4O. The predicted molar refractivity (Wildman–Crippen MR) is 71.9 cm³/mol. The van der Waals surface area contributed by atoms with Gasteiger partial charge in [0.1, 0.15) is 4.60 Å². The minimum atomic E-state index is 0.0349. The van der Waals surface area contributed by atoms with E-state index in [0.29, 0.717) is 30.4 Å². The molecule has 0 spiro atoms. The summed E-state index contributed by atoms with van der Waals surface area (Å²) in [5.41, 5.74) is 0.710. The van der Waals surface area contributed by atoms with Gasteiger partial charge in [-0.15, -0.1) is 16.7 Å². The largest absolute Gasteiger partial charge is 0.279 e. The lowest BCUT2D eigenvalue weighted by molar-refractivity contribution is -0.117. The second kappa shape index (κ2) is 4.51. The highest BCUT2D eigenvalue weighted by Gasteiger charge is 2.32. The first-order valence-corrected chi connectivity index (χ1v) is 6.89. The molecule has 0 aromatic carbocycles. The third kappa shape index (κ3) is 1.89. The van der Waals surface area contributed by atoms with Crippen molar-refractivity contribution >= 4 is 45.0 Å². The first-order chi connectivity index (χ1) is 8.69. The van der Waals surface area contributed by atoms with E-state index in [2.05, 4.69) is 26.0 Å². The van der Waals surface area contributed by atoms with Crippen molar-refractivity contribution in [3.05, 3.63) is 22.8 Å². The number of halogens is 2. The molecule has 3 heterocycles. The molecule has 0 radical (unpaired) electrons. The minimum Gasteiger partial charge on any atom is -0.279 e. The Balaban J connectivity index is 2.00. The molecule has 1 aliphatic rings. The highest BCUT2D eigenvalue weighted by Crippen LogP contribution is 2.24. The second-order valence-corrected chi connectivity index (χ2v) is 5.38. The summed E-state index contributed by atoms with van der Waals surface area (Å²) in [6.07, 6.45) is 0.472. The molecular weight excluding hydrogens is 320 g/mol. The summed E-state index contributed by atoms with van der Waals surface area (Å²) >= 11 is 9.19. The van der Waals surface area contributed by atoms with Crippen LogP contribution in [0.15, 0.2) is 22.8 Å². The van der Waals surface area contributed by atoms with Crippen LogP contribution >= 0.6 is 27.5 Å². The molecule has 0 bridgehead atoms. The topological polar surface area (TPSA) is 50.5 Å². The van der Waals surface area contributed by atoms with Crippen LogP contribution in [0.1, 0.15) is 6.42 Å². The maximum absolute atomic E-state index is 11.9. The number of carbonyl (C=O) groups is 1. The van der Waals surface area contributed by atoms with E-state index < -0.39 is 0 Å². The summed E-state index contributed by atoms with van der Waals surface area (Å²) in [5, 5.41) is 4.33. The molecule has 1 fully saturated rings. The Morgan fingerprint density at radius 3 is 3.00 bits per heavy atom. The fraction of sp³-hybridized carbons (Fsp3) is 0.364. The lowest BCUT2D eigenvalue weighted by Crippen LogP contribution is -2.25. The highest BCUT2D eigenvalue weighted by atomic mass is 79.9. The molecule has 1 aliphatic heterocycles. The van der Waals surface area contributed by atoms with Crippen molar-refractivity contribution in [3.8, 4) is 0 Å². The first kappa shape index (κ1) is 11.9. The minimum absolute atomic E-state index is 0.0349. The number of fused-ring (bicyclic) bond motifs is 1. The van der Waals surface area contributed by atoms with Gasteiger partial charge < -0.3 is 0 Å². The van der Waals surface area contributed by atoms with Crippen molar-refractivity contribution in [2.75, 3.05) is 17.3 Å². The number of rotatable bonds is 2. The van der Waals surface area contributed by atoms with Crippen LogP contribution in [0.25, 0.3) is 5.65 Å². The quantitative estimate of drug-likeness (QED) is 0.626. The second-order valence-electron chi connectivity index (χ2n) is 4.26. The van der Waals surface area contributed by atoms with Gasteiger partial charge >= 0.3 is 0 Å². The zero-order chi connectivity index (χ0) is 12.7. The Bertz CT molecular complexity index is 614. The van der Waals surface area contributed by atoms with E-state index in [1.165, 1.54) is 0 Å². The van der Waals surface area contributed by atoms with Gasteiger partial charge in [-0.25, -0.2) is 4.52 Å². The van der Waals surface area contributed by atoms with Gasteiger partial charge in [-0.05, 0) is 34.0 Å². The van der Waals surface area contributed by atoms with E-state index in [1.54, 1.807) is 9.42 Å². The highest BCUT2D eigenvalue weighted by molar-refractivity contribution is 9.10. The van der Waals surface area contributed by atoms with Crippen molar-refractivity contribution in [1.82, 2.24) is 14.6 Å². The summed E-state index contributed by atoms with van der Waals surface area (Å²) in [6, 6.07) is 5.60. The van der Waals surface area contributed by atoms with Crippen LogP contribution in [0.5, 0.6) is 0 Å². The van der Waals surface area contributed by atoms with Crippen molar-refractivity contribution in [3.63, 3.8) is 0 Å². The predicted octanol–water partition coefficient (Wildman–Crippen LogP) is 2.08. The first-order valence-electron chi connectivity index (χ1n) is 5.56. The van der Waals surface area contributed by atoms with Crippen LogP contribution in [0.3, 0.4) is 0 Å². The molecule has 1 unspecified atom stereocenters. The van der Waals surface area contributed by atoms with Gasteiger partial charge in [0, 0.05) is 18.8 Å². The van der Waals surface area contributed by atoms with Crippen LogP contribution in [0.4, 0.5) is 5.95 Å². The van der Waals surface area contributed by atoms with E-state index in [9.17, 15) is 4.79 Å². The molecule has 0 aliphatic carbocycles. The molecule has 2 aromatic heterocycles. The van der Waals surface area contributed by atoms with Gasteiger partial charge in [0.15, 0.2) is 5.65 Å². The molecule has 94 valence electrons. The number of carbonyl (C=O) groups excluding carboxylic acids is 1. The van der Waals surface area contributed by atoms with E-state index in [1.807, 2.05) is 18.2 Å². The van der Waals surface area contributed by atoms with E-state index >= 15 is 0 Å². The number of amides is 1. The summed E-state index contributed by atoms with van der Waals surface area (Å²) < 4.78 is 2.47. The molecule has 3 rings (SSSR count). The number of nitrogens with zero attached hydrogens (tertiary/aromatic N) is 4. The molecule has 1 amide bonds. The Labute approximate surface area is 117 Å². The van der Waals surface area contributed by atoms with Crippen LogP contribution in [-0.4, -0.2) is 32.9 Å². The zero-order valence-electron chi connectivity index (χ0n) is 9.38. The zero-order valence-corrected chi connectivity index (χ0v) is 11.7. The van der Waals surface area contributed by atoms with Crippen LogP contribution in [0.2, 0.25) is 0 Å². The number of aromatic nitrogens is 3. The number of alkyl halides is 1. The third-order valence-corrected chi connectivity index (χ3v) is 4.00. The van der Waals surface area contributed by atoms with Gasteiger partial charge in [0.2, 0.25) is 5.91 Å². The van der Waals surface area contributed by atoms with E-state index in [4.69, 9.17) is 11.6 Å². The summed E-state index contributed by atoms with van der Waals surface area (Å²) in [5.74, 6) is 1.15. The van der Waals surface area contributed by atoms with Crippen LogP contribution in [0, 0.1) is 5.92 Å². The van der Waals surface area contributed by atoms with Gasteiger partial charge in [0.25, 0.3) is 5.95 Å². The molecule has 1 saturated heterocycles. The fourth-order valence-electron chi connectivity index (χ4n) is 2.05. The van der Waals surface area contributed by atoms with Crippen molar-refractivity contribution in [1.29, 1.82) is 0 Å². The summed E-state index contributed by atoms with van der Waals surface area (Å²) in [6.45, 7) is 0.594. The lowest BCUT2D eigenvalue weighted by atomic mass is 10.2. The third-order valence-electron chi connectivity index (χ3n) is 2.97. The number of anilines is 1. The smallest absolute Gasteiger partial charge is 0.252 e. The normalized spacial score (nSPS) is 20.0. The van der Waals surface area contributed by atoms with Gasteiger partial charge in [-0.2, -0.15) is 4.98 Å². The number of hydrogen-bond donors (Lipinski definition) is 0. The van der Waals surface area contributed by atoms with Gasteiger partial charge in [-0.3, -0.25) is 9.69 Å². The Hall–Kier alpha value is -1.14. The molecule has 0 saturated carbocycles. The maximum atomic E-state index is 11.9. The summed E-state index contributed by atoms with van der Waals surface area (Å²) in [7, 11) is 0. The van der Waals surface area contributed by atoms with Crippen LogP contribution < -0.4 is 4.90 Å². The van der Waals surface area contributed by atoms with E-state index in [-0.39, 0.29) is 11.8 Å². The maximum Gasteiger partial charge on any atom is 0.252 e. The van der Waals surface area contributed by atoms with Crippen molar-refractivity contribution in [2.24, 2.45) is 5.92 Å². The molecule has 2 aromatic rings. The average molecular weight is 330 g/mol. The molecule has 18 heavy (non-hydrogen) atoms. The summed E-state index contributed by atoms with van der Waals surface area (Å²) in [4.78, 5) is 17.8. The number of hydrogen-bond acceptors (Lipinski definition) is 3. The van der Waals surface area contributed by atoms with E-state index in [0.717, 1.165) is 4.60 Å². The molecule has 1 atom stereocenters. The molecule has 5 nitrogen and oxygen atoms in total. The molecule has 0 N–H and O–H groups in total. The SMILES string of the molecule is O=C1CC(CCl)CN1c1nc2cccc(Br)n2n1. The fourth-order valence-corrected chi connectivity index (χ4v) is 2.67. The monoisotopic (exact) mass is 328 g/mol. The molecule has 7 heteroatoms. The standard InChI is InChI=1S/C11H10BrClN4O/c12-8-2-1-3-9-14-11(15-17(8)9)16-6-7(5-13)4-10(16)18/h1-3,7H,4-6H2. The Kier molecular flexibility index (Phi) is 2.99. The lowest BCUT2D eigenvalue weighted by Gasteiger charge is -2.10. The van der Waals surface area contributed by atoms with Gasteiger partial charge in [-0.1, -0.05) is 6.07 Å².